The molecule has 2 heterocycles. The SMILES string of the molecule is Nc1ccc2c(c1)CCN2C1CSC1. The molecule has 1 aromatic carbocycles. The van der Waals surface area contributed by atoms with Crippen molar-refractivity contribution in [1.82, 2.24) is 0 Å². The number of fused-ring (bicyclic) bond motifs is 1. The predicted octanol–water partition coefficient (Wildman–Crippen LogP) is 1.75. The van der Waals surface area contributed by atoms with Crippen LogP contribution in [-0.2, 0) is 6.42 Å². The van der Waals surface area contributed by atoms with E-state index in [2.05, 4.69) is 17.0 Å². The number of hydrogen-bond donors (Lipinski definition) is 1. The van der Waals surface area contributed by atoms with Crippen molar-refractivity contribution in [2.45, 2.75) is 12.5 Å². The number of benzene rings is 1. The van der Waals surface area contributed by atoms with Crippen LogP contribution in [0.3, 0.4) is 0 Å². The lowest BCUT2D eigenvalue weighted by Crippen LogP contribution is -2.43. The van der Waals surface area contributed by atoms with E-state index in [9.17, 15) is 0 Å². The Morgan fingerprint density at radius 1 is 1.36 bits per heavy atom. The zero-order chi connectivity index (χ0) is 9.54. The van der Waals surface area contributed by atoms with Gasteiger partial charge in [0, 0.05) is 35.5 Å². The third-order valence-electron chi connectivity index (χ3n) is 3.10. The van der Waals surface area contributed by atoms with Gasteiger partial charge >= 0.3 is 0 Å². The lowest BCUT2D eigenvalue weighted by Gasteiger charge is -2.36. The minimum absolute atomic E-state index is 0.782. The molecule has 14 heavy (non-hydrogen) atoms. The summed E-state index contributed by atoms with van der Waals surface area (Å²) in [7, 11) is 0. The first-order valence-electron chi connectivity index (χ1n) is 5.07. The van der Waals surface area contributed by atoms with Gasteiger partial charge in [-0.3, -0.25) is 0 Å². The molecule has 0 aliphatic carbocycles. The average Bonchev–Trinajstić information content (AvgIpc) is 2.45. The molecule has 2 N–H and O–H groups in total. The van der Waals surface area contributed by atoms with Crippen LogP contribution < -0.4 is 10.6 Å². The fourth-order valence-electron chi connectivity index (χ4n) is 2.23. The summed E-state index contributed by atoms with van der Waals surface area (Å²) in [6, 6.07) is 7.11. The van der Waals surface area contributed by atoms with Gasteiger partial charge in [-0.1, -0.05) is 0 Å². The lowest BCUT2D eigenvalue weighted by atomic mass is 10.1. The van der Waals surface area contributed by atoms with Crippen molar-refractivity contribution in [3.8, 4) is 0 Å². The number of anilines is 2. The highest BCUT2D eigenvalue weighted by molar-refractivity contribution is 8.00. The predicted molar refractivity (Wildman–Crippen MR) is 63.0 cm³/mol. The summed E-state index contributed by atoms with van der Waals surface area (Å²) in [5.74, 6) is 2.59. The van der Waals surface area contributed by atoms with Crippen LogP contribution in [0.1, 0.15) is 5.56 Å². The molecule has 0 radical (unpaired) electrons. The Hall–Kier alpha value is -0.830. The van der Waals surface area contributed by atoms with E-state index in [1.807, 2.05) is 17.8 Å². The number of nitrogen functional groups attached to an aromatic ring is 1. The third-order valence-corrected chi connectivity index (χ3v) is 4.34. The van der Waals surface area contributed by atoms with Crippen molar-refractivity contribution in [1.29, 1.82) is 0 Å². The summed E-state index contributed by atoms with van der Waals surface area (Å²) >= 11 is 2.04. The molecule has 2 nitrogen and oxygen atoms in total. The van der Waals surface area contributed by atoms with Gasteiger partial charge in [-0.25, -0.2) is 0 Å². The maximum absolute atomic E-state index is 5.78. The molecule has 0 amide bonds. The van der Waals surface area contributed by atoms with Crippen molar-refractivity contribution in [3.63, 3.8) is 0 Å². The van der Waals surface area contributed by atoms with Crippen LogP contribution in [0, 0.1) is 0 Å². The van der Waals surface area contributed by atoms with Gasteiger partial charge in [0.2, 0.25) is 0 Å². The molecule has 1 saturated heterocycles. The first-order chi connectivity index (χ1) is 6.84. The number of thioether (sulfide) groups is 1. The fraction of sp³-hybridized carbons (Fsp3) is 0.455. The summed E-state index contributed by atoms with van der Waals surface area (Å²) in [5, 5.41) is 0. The van der Waals surface area contributed by atoms with Crippen LogP contribution in [0.4, 0.5) is 11.4 Å². The maximum atomic E-state index is 5.78. The number of nitrogens with two attached hydrogens (primary N) is 1. The second kappa shape index (κ2) is 3.09. The molecule has 74 valence electrons. The summed E-state index contributed by atoms with van der Waals surface area (Å²) in [4.78, 5) is 2.55. The van der Waals surface area contributed by atoms with E-state index in [0.717, 1.165) is 11.7 Å². The molecule has 0 spiro atoms. The third kappa shape index (κ3) is 1.19. The molecule has 2 aliphatic heterocycles. The molecule has 2 aliphatic rings. The van der Waals surface area contributed by atoms with Crippen LogP contribution >= 0.6 is 11.8 Å². The highest BCUT2D eigenvalue weighted by Crippen LogP contribution is 2.35. The minimum Gasteiger partial charge on any atom is -0.399 e. The first kappa shape index (κ1) is 8.48. The van der Waals surface area contributed by atoms with Gasteiger partial charge in [0.05, 0.1) is 0 Å². The topological polar surface area (TPSA) is 29.3 Å². The Morgan fingerprint density at radius 3 is 2.93 bits per heavy atom. The van der Waals surface area contributed by atoms with E-state index in [4.69, 9.17) is 5.73 Å². The molecule has 1 fully saturated rings. The largest absolute Gasteiger partial charge is 0.399 e. The zero-order valence-corrected chi connectivity index (χ0v) is 8.89. The fourth-order valence-corrected chi connectivity index (χ4v) is 3.04. The summed E-state index contributed by atoms with van der Waals surface area (Å²) in [6.45, 7) is 1.18. The standard InChI is InChI=1S/C11H14N2S/c12-9-1-2-11-8(5-9)3-4-13(11)10-6-14-7-10/h1-2,5,10H,3-4,6-7,12H2. The van der Waals surface area contributed by atoms with E-state index in [1.54, 1.807) is 0 Å². The van der Waals surface area contributed by atoms with Gasteiger partial charge in [-0.05, 0) is 30.2 Å². The smallest absolute Gasteiger partial charge is 0.0471 e. The minimum atomic E-state index is 0.782. The monoisotopic (exact) mass is 206 g/mol. The molecule has 0 aromatic heterocycles. The summed E-state index contributed by atoms with van der Waals surface area (Å²) in [5.41, 5.74) is 9.53. The van der Waals surface area contributed by atoms with Crippen LogP contribution in [0.5, 0.6) is 0 Å². The van der Waals surface area contributed by atoms with Gasteiger partial charge in [-0.15, -0.1) is 0 Å². The first-order valence-corrected chi connectivity index (χ1v) is 6.23. The molecule has 0 atom stereocenters. The van der Waals surface area contributed by atoms with Gasteiger partial charge in [0.25, 0.3) is 0 Å². The Kier molecular flexibility index (Phi) is 1.87. The Bertz CT molecular complexity index is 360. The van der Waals surface area contributed by atoms with Crippen LogP contribution in [-0.4, -0.2) is 24.1 Å². The quantitative estimate of drug-likeness (QED) is 0.710. The normalized spacial score (nSPS) is 20.7. The van der Waals surface area contributed by atoms with E-state index in [-0.39, 0.29) is 0 Å². The summed E-state index contributed by atoms with van der Waals surface area (Å²) in [6.07, 6.45) is 1.17. The molecule has 3 rings (SSSR count). The molecule has 0 saturated carbocycles. The number of hydrogen-bond acceptors (Lipinski definition) is 3. The molecule has 0 unspecified atom stereocenters. The molecule has 3 heteroatoms. The Labute approximate surface area is 88.5 Å². The van der Waals surface area contributed by atoms with Crippen molar-refractivity contribution >= 4 is 23.1 Å². The van der Waals surface area contributed by atoms with Crippen LogP contribution in [0.2, 0.25) is 0 Å². The zero-order valence-electron chi connectivity index (χ0n) is 8.07. The molecular formula is C11H14N2S. The van der Waals surface area contributed by atoms with Gasteiger partial charge < -0.3 is 10.6 Å². The van der Waals surface area contributed by atoms with E-state index in [0.29, 0.717) is 0 Å². The molecule has 1 aromatic rings. The van der Waals surface area contributed by atoms with Crippen molar-refractivity contribution in [2.24, 2.45) is 0 Å². The molecule has 0 bridgehead atoms. The Morgan fingerprint density at radius 2 is 2.21 bits per heavy atom. The second-order valence-corrected chi connectivity index (χ2v) is 5.10. The number of rotatable bonds is 1. The van der Waals surface area contributed by atoms with E-state index >= 15 is 0 Å². The Balaban J connectivity index is 1.93. The van der Waals surface area contributed by atoms with Crippen molar-refractivity contribution in [2.75, 3.05) is 28.7 Å². The highest BCUT2D eigenvalue weighted by Gasteiger charge is 2.30. The van der Waals surface area contributed by atoms with Crippen molar-refractivity contribution < 1.29 is 0 Å². The number of nitrogens with zero attached hydrogens (tertiary/aromatic N) is 1. The average molecular weight is 206 g/mol. The second-order valence-electron chi connectivity index (χ2n) is 4.02. The van der Waals surface area contributed by atoms with E-state index < -0.39 is 0 Å². The van der Waals surface area contributed by atoms with Crippen LogP contribution in [0.25, 0.3) is 0 Å². The summed E-state index contributed by atoms with van der Waals surface area (Å²) < 4.78 is 0. The molecular weight excluding hydrogens is 192 g/mol. The van der Waals surface area contributed by atoms with Crippen molar-refractivity contribution in [3.05, 3.63) is 23.8 Å². The lowest BCUT2D eigenvalue weighted by molar-refractivity contribution is 0.702. The maximum Gasteiger partial charge on any atom is 0.0471 e. The van der Waals surface area contributed by atoms with Gasteiger partial charge in [-0.2, -0.15) is 11.8 Å². The van der Waals surface area contributed by atoms with Gasteiger partial charge in [0.1, 0.15) is 0 Å². The van der Waals surface area contributed by atoms with Crippen LogP contribution in [0.15, 0.2) is 18.2 Å². The van der Waals surface area contributed by atoms with Gasteiger partial charge in [0.15, 0.2) is 0 Å². The highest BCUT2D eigenvalue weighted by atomic mass is 32.2. The van der Waals surface area contributed by atoms with E-state index in [1.165, 1.54) is 35.7 Å².